The average molecular weight is 427 g/mol. The fraction of sp³-hybridized carbons (Fsp3) is 0. The van der Waals surface area contributed by atoms with Crippen molar-refractivity contribution in [3.8, 4) is 0 Å². The molecule has 2 rings (SSSR count). The summed E-state index contributed by atoms with van der Waals surface area (Å²) in [4.78, 5) is 4.02. The smallest absolute Gasteiger partial charge is 0.263 e. The lowest BCUT2D eigenvalue weighted by atomic mass is 10.4. The predicted molar refractivity (Wildman–Crippen MR) is 81.9 cm³/mol. The fourth-order valence-electron chi connectivity index (χ4n) is 1.35. The monoisotopic (exact) mass is 424 g/mol. The maximum atomic E-state index is 12.2. The van der Waals surface area contributed by atoms with Crippen LogP contribution in [0.5, 0.6) is 0 Å². The first-order chi connectivity index (χ1) is 8.88. The highest BCUT2D eigenvalue weighted by Gasteiger charge is 2.18. The molecule has 0 saturated heterocycles. The largest absolute Gasteiger partial charge is 0.264 e. The number of hydrogen-bond donors (Lipinski definition) is 1. The molecule has 0 radical (unpaired) electrons. The molecule has 0 unspecified atom stereocenters. The predicted octanol–water partition coefficient (Wildman–Crippen LogP) is 4.06. The molecule has 0 spiro atoms. The van der Waals surface area contributed by atoms with Gasteiger partial charge in [0, 0.05) is 26.2 Å². The molecule has 0 fully saturated rings. The molecule has 0 aliphatic heterocycles. The Kier molecular flexibility index (Phi) is 4.50. The van der Waals surface area contributed by atoms with Crippen LogP contribution in [0.3, 0.4) is 0 Å². The van der Waals surface area contributed by atoms with Crippen molar-refractivity contribution >= 4 is 59.3 Å². The van der Waals surface area contributed by atoms with E-state index in [9.17, 15) is 8.42 Å². The summed E-state index contributed by atoms with van der Waals surface area (Å²) >= 11 is 12.3. The molecule has 0 atom stereocenters. The van der Waals surface area contributed by atoms with Crippen molar-refractivity contribution in [2.24, 2.45) is 0 Å². The molecule has 1 N–H and O–H groups in total. The van der Waals surface area contributed by atoms with Crippen LogP contribution in [-0.2, 0) is 10.0 Å². The lowest BCUT2D eigenvalue weighted by Gasteiger charge is -2.09. The summed E-state index contributed by atoms with van der Waals surface area (Å²) in [5.41, 5.74) is 0. The molecule has 1 heterocycles. The molecule has 2 aromatic rings. The lowest BCUT2D eigenvalue weighted by molar-refractivity contribution is 0.600. The SMILES string of the molecule is O=S(=O)(Nc1cc(Cl)ccn1)c1ccc(Br)cc1Br. The van der Waals surface area contributed by atoms with Gasteiger partial charge in [0.2, 0.25) is 0 Å². The summed E-state index contributed by atoms with van der Waals surface area (Å²) in [6.45, 7) is 0. The standard InChI is InChI=1S/C11H7Br2ClN2O2S/c12-7-1-2-10(9(13)5-7)19(17,18)16-11-6-8(14)3-4-15-11/h1-6H,(H,15,16). The Morgan fingerprint density at radius 2 is 1.89 bits per heavy atom. The third kappa shape index (κ3) is 3.68. The molecular formula is C11H7Br2ClN2O2S. The normalized spacial score (nSPS) is 11.3. The van der Waals surface area contributed by atoms with Gasteiger partial charge in [0.25, 0.3) is 10.0 Å². The second kappa shape index (κ2) is 5.78. The van der Waals surface area contributed by atoms with Gasteiger partial charge in [-0.1, -0.05) is 27.5 Å². The second-order valence-electron chi connectivity index (χ2n) is 3.54. The van der Waals surface area contributed by atoms with Gasteiger partial charge in [-0.2, -0.15) is 0 Å². The lowest BCUT2D eigenvalue weighted by Crippen LogP contribution is -2.14. The highest BCUT2D eigenvalue weighted by atomic mass is 79.9. The van der Waals surface area contributed by atoms with Gasteiger partial charge in [-0.25, -0.2) is 13.4 Å². The average Bonchev–Trinajstić information content (AvgIpc) is 2.27. The van der Waals surface area contributed by atoms with Crippen LogP contribution < -0.4 is 4.72 Å². The number of rotatable bonds is 3. The Morgan fingerprint density at radius 1 is 1.16 bits per heavy atom. The highest BCUT2D eigenvalue weighted by molar-refractivity contribution is 9.11. The Morgan fingerprint density at radius 3 is 2.53 bits per heavy atom. The van der Waals surface area contributed by atoms with E-state index in [1.807, 2.05) is 0 Å². The molecule has 0 aliphatic carbocycles. The van der Waals surface area contributed by atoms with Crippen molar-refractivity contribution in [1.82, 2.24) is 4.98 Å². The minimum absolute atomic E-state index is 0.123. The number of benzene rings is 1. The van der Waals surface area contributed by atoms with E-state index in [2.05, 4.69) is 41.6 Å². The third-order valence-corrected chi connectivity index (χ3v) is 5.20. The number of pyridine rings is 1. The zero-order chi connectivity index (χ0) is 14.0. The quantitative estimate of drug-likeness (QED) is 0.805. The van der Waals surface area contributed by atoms with Gasteiger partial charge in [0.05, 0.1) is 0 Å². The molecule has 19 heavy (non-hydrogen) atoms. The Hall–Kier alpha value is -0.630. The zero-order valence-corrected chi connectivity index (χ0v) is 14.0. The van der Waals surface area contributed by atoms with Crippen LogP contribution in [0.15, 0.2) is 50.4 Å². The summed E-state index contributed by atoms with van der Waals surface area (Å²) in [5.74, 6) is 0.169. The van der Waals surface area contributed by atoms with Crippen LogP contribution in [0.1, 0.15) is 0 Å². The van der Waals surface area contributed by atoms with E-state index in [1.165, 1.54) is 18.3 Å². The van der Waals surface area contributed by atoms with Crippen LogP contribution >= 0.6 is 43.5 Å². The molecule has 1 aromatic carbocycles. The summed E-state index contributed by atoms with van der Waals surface area (Å²) in [6.07, 6.45) is 1.43. The number of halogens is 3. The molecule has 0 saturated carbocycles. The van der Waals surface area contributed by atoms with Gasteiger partial charge in [-0.15, -0.1) is 0 Å². The van der Waals surface area contributed by atoms with Crippen molar-refractivity contribution in [2.75, 3.05) is 4.72 Å². The molecule has 100 valence electrons. The van der Waals surface area contributed by atoms with Crippen molar-refractivity contribution in [2.45, 2.75) is 4.90 Å². The summed E-state index contributed by atoms with van der Waals surface area (Å²) in [7, 11) is -3.72. The van der Waals surface area contributed by atoms with Crippen molar-refractivity contribution in [3.05, 3.63) is 50.5 Å². The van der Waals surface area contributed by atoms with Crippen molar-refractivity contribution in [3.63, 3.8) is 0 Å². The molecule has 8 heteroatoms. The van der Waals surface area contributed by atoms with Crippen LogP contribution in [-0.4, -0.2) is 13.4 Å². The first-order valence-corrected chi connectivity index (χ1v) is 8.42. The summed E-state index contributed by atoms with van der Waals surface area (Å²) in [6, 6.07) is 7.78. The molecule has 0 bridgehead atoms. The molecule has 0 aliphatic rings. The van der Waals surface area contributed by atoms with E-state index < -0.39 is 10.0 Å². The van der Waals surface area contributed by atoms with Gasteiger partial charge in [-0.3, -0.25) is 4.72 Å². The summed E-state index contributed by atoms with van der Waals surface area (Å²) in [5, 5.41) is 0.405. The number of nitrogens with zero attached hydrogens (tertiary/aromatic N) is 1. The Labute approximate surface area is 132 Å². The van der Waals surface area contributed by atoms with E-state index in [0.29, 0.717) is 9.50 Å². The van der Waals surface area contributed by atoms with E-state index >= 15 is 0 Å². The van der Waals surface area contributed by atoms with Gasteiger partial charge in [0.15, 0.2) is 0 Å². The van der Waals surface area contributed by atoms with Crippen molar-refractivity contribution in [1.29, 1.82) is 0 Å². The number of nitrogens with one attached hydrogen (secondary N) is 1. The molecule has 1 aromatic heterocycles. The van der Waals surface area contributed by atoms with Crippen LogP contribution in [0.2, 0.25) is 5.02 Å². The maximum absolute atomic E-state index is 12.2. The topological polar surface area (TPSA) is 59.1 Å². The van der Waals surface area contributed by atoms with Crippen LogP contribution in [0, 0.1) is 0 Å². The van der Waals surface area contributed by atoms with Gasteiger partial charge < -0.3 is 0 Å². The van der Waals surface area contributed by atoms with E-state index in [-0.39, 0.29) is 10.7 Å². The van der Waals surface area contributed by atoms with E-state index in [0.717, 1.165) is 4.47 Å². The first kappa shape index (κ1) is 14.8. The second-order valence-corrected chi connectivity index (χ2v) is 7.40. The Balaban J connectivity index is 2.38. The zero-order valence-electron chi connectivity index (χ0n) is 9.27. The van der Waals surface area contributed by atoms with Crippen LogP contribution in [0.25, 0.3) is 0 Å². The number of sulfonamides is 1. The summed E-state index contributed by atoms with van der Waals surface area (Å²) < 4.78 is 28.0. The van der Waals surface area contributed by atoms with Gasteiger partial charge in [-0.05, 0) is 40.2 Å². The number of aromatic nitrogens is 1. The van der Waals surface area contributed by atoms with Crippen LogP contribution in [0.4, 0.5) is 5.82 Å². The highest BCUT2D eigenvalue weighted by Crippen LogP contribution is 2.27. The van der Waals surface area contributed by atoms with Gasteiger partial charge in [0.1, 0.15) is 10.7 Å². The minimum atomic E-state index is -3.72. The van der Waals surface area contributed by atoms with Crippen molar-refractivity contribution < 1.29 is 8.42 Å². The number of anilines is 1. The third-order valence-electron chi connectivity index (χ3n) is 2.14. The van der Waals surface area contributed by atoms with E-state index in [4.69, 9.17) is 11.6 Å². The van der Waals surface area contributed by atoms with Gasteiger partial charge >= 0.3 is 0 Å². The van der Waals surface area contributed by atoms with E-state index in [1.54, 1.807) is 18.2 Å². The molecular weight excluding hydrogens is 419 g/mol. The number of hydrogen-bond acceptors (Lipinski definition) is 3. The molecule has 0 amide bonds. The maximum Gasteiger partial charge on any atom is 0.264 e. The molecule has 4 nitrogen and oxygen atoms in total. The first-order valence-electron chi connectivity index (χ1n) is 4.98. The Bertz CT molecular complexity index is 722. The minimum Gasteiger partial charge on any atom is -0.263 e. The fourth-order valence-corrected chi connectivity index (χ4v) is 4.25.